The minimum absolute atomic E-state index is 0.00148. The van der Waals surface area contributed by atoms with Gasteiger partial charge in [-0.2, -0.15) is 5.10 Å². The molecule has 4 rings (SSSR count). The third-order valence-electron chi connectivity index (χ3n) is 4.93. The highest BCUT2D eigenvalue weighted by Crippen LogP contribution is 2.29. The molecular formula is C17H21N7O2. The lowest BCUT2D eigenvalue weighted by molar-refractivity contribution is 0.0712. The van der Waals surface area contributed by atoms with Gasteiger partial charge in [-0.05, 0) is 13.8 Å². The molecule has 2 atom stereocenters. The highest BCUT2D eigenvalue weighted by Gasteiger charge is 2.38. The summed E-state index contributed by atoms with van der Waals surface area (Å²) < 4.78 is 8.98. The molecule has 0 aliphatic carbocycles. The van der Waals surface area contributed by atoms with Crippen LogP contribution in [0, 0.1) is 13.8 Å². The third-order valence-corrected chi connectivity index (χ3v) is 4.93. The Kier molecular flexibility index (Phi) is 3.95. The smallest absolute Gasteiger partial charge is 0.257 e. The Balaban J connectivity index is 1.63. The van der Waals surface area contributed by atoms with Crippen LogP contribution in [0.4, 0.5) is 0 Å². The Morgan fingerprint density at radius 1 is 1.31 bits per heavy atom. The maximum atomic E-state index is 13.1. The highest BCUT2D eigenvalue weighted by molar-refractivity contribution is 5.95. The monoisotopic (exact) mass is 355 g/mol. The molecular weight excluding hydrogens is 334 g/mol. The topological polar surface area (TPSA) is 90.4 Å². The van der Waals surface area contributed by atoms with Crippen molar-refractivity contribution in [1.82, 2.24) is 34.5 Å². The van der Waals surface area contributed by atoms with Gasteiger partial charge >= 0.3 is 0 Å². The van der Waals surface area contributed by atoms with E-state index in [1.807, 2.05) is 33.2 Å². The summed E-state index contributed by atoms with van der Waals surface area (Å²) in [6.45, 7) is 4.83. The Bertz CT molecular complexity index is 977. The van der Waals surface area contributed by atoms with Gasteiger partial charge in [0.05, 0.1) is 34.7 Å². The van der Waals surface area contributed by atoms with Gasteiger partial charge in [-0.15, -0.1) is 5.10 Å². The van der Waals surface area contributed by atoms with Crippen LogP contribution in [0.25, 0.3) is 5.65 Å². The molecule has 3 aromatic heterocycles. The van der Waals surface area contributed by atoms with Gasteiger partial charge in [-0.1, -0.05) is 5.21 Å². The summed E-state index contributed by atoms with van der Waals surface area (Å²) >= 11 is 0. The van der Waals surface area contributed by atoms with Crippen LogP contribution < -0.4 is 0 Å². The number of likely N-dealkylation sites (tertiary alicyclic amines) is 1. The fourth-order valence-electron chi connectivity index (χ4n) is 3.54. The van der Waals surface area contributed by atoms with E-state index in [4.69, 9.17) is 4.74 Å². The molecule has 0 bridgehead atoms. The fraction of sp³-hybridized carbons (Fsp3) is 0.471. The molecule has 1 aliphatic rings. The van der Waals surface area contributed by atoms with Crippen molar-refractivity contribution in [1.29, 1.82) is 0 Å². The van der Waals surface area contributed by atoms with E-state index in [0.29, 0.717) is 18.7 Å². The molecule has 26 heavy (non-hydrogen) atoms. The lowest BCUT2D eigenvalue weighted by Gasteiger charge is -2.17. The van der Waals surface area contributed by atoms with Crippen molar-refractivity contribution in [3.8, 4) is 0 Å². The molecule has 0 N–H and O–H groups in total. The van der Waals surface area contributed by atoms with Gasteiger partial charge in [0, 0.05) is 45.7 Å². The van der Waals surface area contributed by atoms with Crippen molar-refractivity contribution in [3.63, 3.8) is 0 Å². The Labute approximate surface area is 150 Å². The van der Waals surface area contributed by atoms with E-state index in [9.17, 15) is 4.79 Å². The van der Waals surface area contributed by atoms with E-state index in [1.54, 1.807) is 27.4 Å². The first-order chi connectivity index (χ1) is 12.5. The fourth-order valence-corrected chi connectivity index (χ4v) is 3.54. The maximum absolute atomic E-state index is 13.1. The second-order valence-corrected chi connectivity index (χ2v) is 6.72. The quantitative estimate of drug-likeness (QED) is 0.688. The predicted molar refractivity (Wildman–Crippen MR) is 92.9 cm³/mol. The van der Waals surface area contributed by atoms with Crippen LogP contribution in [0.15, 0.2) is 18.5 Å². The Morgan fingerprint density at radius 3 is 2.81 bits per heavy atom. The van der Waals surface area contributed by atoms with E-state index >= 15 is 0 Å². The molecule has 1 amide bonds. The van der Waals surface area contributed by atoms with E-state index in [-0.39, 0.29) is 17.9 Å². The Morgan fingerprint density at radius 2 is 2.12 bits per heavy atom. The van der Waals surface area contributed by atoms with Crippen LogP contribution in [0.2, 0.25) is 0 Å². The number of nitrogens with zero attached hydrogens (tertiary/aromatic N) is 7. The number of aromatic nitrogens is 6. The van der Waals surface area contributed by atoms with Crippen molar-refractivity contribution in [2.24, 2.45) is 7.05 Å². The van der Waals surface area contributed by atoms with Gasteiger partial charge in [0.15, 0.2) is 5.65 Å². The number of aryl methyl sites for hydroxylation is 3. The van der Waals surface area contributed by atoms with E-state index in [0.717, 1.165) is 22.7 Å². The second kappa shape index (κ2) is 6.17. The molecule has 3 aromatic rings. The average molecular weight is 355 g/mol. The molecule has 1 fully saturated rings. The number of fused-ring (bicyclic) bond motifs is 1. The zero-order chi connectivity index (χ0) is 18.4. The SMILES string of the molecule is CO[C@@H]1CN(C(=O)c2cnc3cc(C)nn3c2C)C[C@H]1c1cn(C)nn1. The third kappa shape index (κ3) is 2.64. The first kappa shape index (κ1) is 16.6. The van der Waals surface area contributed by atoms with E-state index in [2.05, 4.69) is 20.4 Å². The van der Waals surface area contributed by atoms with Crippen LogP contribution in [0.5, 0.6) is 0 Å². The molecule has 4 heterocycles. The molecule has 0 unspecified atom stereocenters. The number of carbonyl (C=O) groups excluding carboxylic acids is 1. The summed E-state index contributed by atoms with van der Waals surface area (Å²) in [7, 11) is 3.49. The van der Waals surface area contributed by atoms with Gasteiger partial charge in [0.25, 0.3) is 5.91 Å². The van der Waals surface area contributed by atoms with Gasteiger partial charge in [-0.3, -0.25) is 9.48 Å². The summed E-state index contributed by atoms with van der Waals surface area (Å²) in [5.74, 6) is -0.0694. The van der Waals surface area contributed by atoms with Gasteiger partial charge in [-0.25, -0.2) is 9.50 Å². The van der Waals surface area contributed by atoms with E-state index in [1.165, 1.54) is 0 Å². The normalized spacial score (nSPS) is 20.2. The van der Waals surface area contributed by atoms with Crippen molar-refractivity contribution in [3.05, 3.63) is 41.1 Å². The number of rotatable bonds is 3. The standard InChI is InChI=1S/C17H21N7O2/c1-10-5-16-18-6-12(11(2)24(16)20-10)17(25)23-7-13(15(9-23)26-4)14-8-22(3)21-19-14/h5-6,8,13,15H,7,9H2,1-4H3/t13-,15+/m0/s1. The lowest BCUT2D eigenvalue weighted by Crippen LogP contribution is -2.31. The highest BCUT2D eigenvalue weighted by atomic mass is 16.5. The largest absolute Gasteiger partial charge is 0.379 e. The number of amides is 1. The second-order valence-electron chi connectivity index (χ2n) is 6.72. The minimum Gasteiger partial charge on any atom is -0.379 e. The number of hydrogen-bond donors (Lipinski definition) is 0. The molecule has 9 heteroatoms. The minimum atomic E-state index is -0.111. The van der Waals surface area contributed by atoms with Crippen LogP contribution in [0.3, 0.4) is 0 Å². The maximum Gasteiger partial charge on any atom is 0.257 e. The molecule has 0 aromatic carbocycles. The summed E-state index contributed by atoms with van der Waals surface area (Å²) in [5.41, 5.74) is 3.78. The summed E-state index contributed by atoms with van der Waals surface area (Å²) in [5, 5.41) is 12.6. The van der Waals surface area contributed by atoms with Crippen molar-refractivity contribution in [2.75, 3.05) is 20.2 Å². The molecule has 1 aliphatic heterocycles. The molecule has 0 spiro atoms. The lowest BCUT2D eigenvalue weighted by atomic mass is 10.0. The van der Waals surface area contributed by atoms with Gasteiger partial charge in [0.2, 0.25) is 0 Å². The molecule has 0 saturated carbocycles. The molecule has 136 valence electrons. The number of ether oxygens (including phenoxy) is 1. The van der Waals surface area contributed by atoms with Crippen LogP contribution in [0.1, 0.15) is 33.4 Å². The first-order valence-corrected chi connectivity index (χ1v) is 8.48. The Hall–Kier alpha value is -2.81. The number of carbonyl (C=O) groups is 1. The van der Waals surface area contributed by atoms with Crippen LogP contribution >= 0.6 is 0 Å². The van der Waals surface area contributed by atoms with Crippen LogP contribution in [-0.4, -0.2) is 66.7 Å². The number of methoxy groups -OCH3 is 1. The van der Waals surface area contributed by atoms with E-state index < -0.39 is 0 Å². The van der Waals surface area contributed by atoms with Gasteiger partial charge < -0.3 is 9.64 Å². The van der Waals surface area contributed by atoms with Crippen LogP contribution in [-0.2, 0) is 11.8 Å². The first-order valence-electron chi connectivity index (χ1n) is 8.48. The summed E-state index contributed by atoms with van der Waals surface area (Å²) in [6, 6.07) is 1.89. The average Bonchev–Trinajstić information content (AvgIpc) is 3.31. The zero-order valence-electron chi connectivity index (χ0n) is 15.2. The summed E-state index contributed by atoms with van der Waals surface area (Å²) in [6.07, 6.45) is 3.39. The molecule has 9 nitrogen and oxygen atoms in total. The van der Waals surface area contributed by atoms with Crippen molar-refractivity contribution in [2.45, 2.75) is 25.9 Å². The summed E-state index contributed by atoms with van der Waals surface area (Å²) in [4.78, 5) is 19.3. The molecule has 0 radical (unpaired) electrons. The molecule has 1 saturated heterocycles. The van der Waals surface area contributed by atoms with Gasteiger partial charge in [0.1, 0.15) is 0 Å². The number of hydrogen-bond acceptors (Lipinski definition) is 6. The predicted octanol–water partition coefficient (Wildman–Crippen LogP) is 0.729. The van der Waals surface area contributed by atoms with Crippen molar-refractivity contribution >= 4 is 11.6 Å². The zero-order valence-corrected chi connectivity index (χ0v) is 15.2. The van der Waals surface area contributed by atoms with Crippen molar-refractivity contribution < 1.29 is 9.53 Å².